The van der Waals surface area contributed by atoms with E-state index in [1.54, 1.807) is 0 Å². The molecule has 0 aliphatic rings. The van der Waals surface area contributed by atoms with E-state index < -0.39 is 22.3 Å². The quantitative estimate of drug-likeness (QED) is 0.561. The van der Waals surface area contributed by atoms with Crippen molar-refractivity contribution in [1.82, 2.24) is 5.32 Å². The van der Waals surface area contributed by atoms with Crippen LogP contribution in [0.25, 0.3) is 0 Å². The summed E-state index contributed by atoms with van der Waals surface area (Å²) in [5, 5.41) is 21.1. The predicted octanol–water partition coefficient (Wildman–Crippen LogP) is 0.221. The van der Waals surface area contributed by atoms with E-state index in [1.165, 1.54) is 6.07 Å². The molecule has 0 bridgehead atoms. The number of rotatable bonds is 6. The number of aliphatic hydroxyl groups excluding tert-OH is 1. The number of nitrogens with one attached hydrogen (secondary N) is 1. The topological polar surface area (TPSA) is 102 Å². The van der Waals surface area contributed by atoms with Crippen LogP contribution in [0.4, 0.5) is 10.1 Å². The van der Waals surface area contributed by atoms with Gasteiger partial charge < -0.3 is 15.2 Å². The highest BCUT2D eigenvalue weighted by Gasteiger charge is 2.14. The van der Waals surface area contributed by atoms with Crippen molar-refractivity contribution >= 4 is 11.6 Å². The van der Waals surface area contributed by atoms with Crippen LogP contribution in [0.2, 0.25) is 0 Å². The van der Waals surface area contributed by atoms with E-state index in [2.05, 4.69) is 5.32 Å². The number of amides is 1. The van der Waals surface area contributed by atoms with Crippen LogP contribution in [0.5, 0.6) is 5.75 Å². The third-order valence-electron chi connectivity index (χ3n) is 1.92. The summed E-state index contributed by atoms with van der Waals surface area (Å²) < 4.78 is 18.1. The molecule has 1 amide bonds. The molecular weight excluding hydrogens is 247 g/mol. The number of halogens is 1. The third-order valence-corrected chi connectivity index (χ3v) is 1.92. The second-order valence-electron chi connectivity index (χ2n) is 3.23. The molecule has 0 heterocycles. The summed E-state index contributed by atoms with van der Waals surface area (Å²) in [6.45, 7) is -0.466. The lowest BCUT2D eigenvalue weighted by atomic mass is 10.3. The standard InChI is InChI=1S/C10H11FN2O5/c11-8-5-7(1-2-9(8)13(16)17)18-6-10(15)12-3-4-14/h1-2,5,14H,3-4,6H2,(H,12,15). The molecule has 0 atom stereocenters. The first-order valence-electron chi connectivity index (χ1n) is 4.99. The average Bonchev–Trinajstić information content (AvgIpc) is 2.33. The second-order valence-corrected chi connectivity index (χ2v) is 3.23. The van der Waals surface area contributed by atoms with E-state index >= 15 is 0 Å². The minimum atomic E-state index is -1.03. The predicted molar refractivity (Wildman–Crippen MR) is 58.6 cm³/mol. The van der Waals surface area contributed by atoms with Gasteiger partial charge in [-0.3, -0.25) is 14.9 Å². The van der Waals surface area contributed by atoms with Gasteiger partial charge in [0.1, 0.15) is 5.75 Å². The zero-order chi connectivity index (χ0) is 13.5. The van der Waals surface area contributed by atoms with Crippen molar-refractivity contribution in [1.29, 1.82) is 0 Å². The van der Waals surface area contributed by atoms with Gasteiger partial charge in [0.25, 0.3) is 5.91 Å². The van der Waals surface area contributed by atoms with Gasteiger partial charge in [-0.1, -0.05) is 0 Å². The molecule has 0 aliphatic carbocycles. The van der Waals surface area contributed by atoms with Crippen molar-refractivity contribution in [3.8, 4) is 5.75 Å². The first kappa shape index (κ1) is 13.8. The first-order chi connectivity index (χ1) is 8.54. The fourth-order valence-corrected chi connectivity index (χ4v) is 1.12. The minimum absolute atomic E-state index is 0.0113. The van der Waals surface area contributed by atoms with E-state index in [9.17, 15) is 19.3 Å². The Morgan fingerprint density at radius 1 is 1.56 bits per heavy atom. The number of hydrogen-bond donors (Lipinski definition) is 2. The van der Waals surface area contributed by atoms with E-state index in [0.717, 1.165) is 12.1 Å². The van der Waals surface area contributed by atoms with Crippen LogP contribution in [0.3, 0.4) is 0 Å². The van der Waals surface area contributed by atoms with Crippen molar-refractivity contribution in [2.75, 3.05) is 19.8 Å². The van der Waals surface area contributed by atoms with Crippen LogP contribution >= 0.6 is 0 Å². The van der Waals surface area contributed by atoms with Crippen molar-refractivity contribution in [3.05, 3.63) is 34.1 Å². The Kier molecular flexibility index (Phi) is 5.00. The average molecular weight is 258 g/mol. The van der Waals surface area contributed by atoms with Gasteiger partial charge in [0.2, 0.25) is 5.82 Å². The third kappa shape index (κ3) is 3.98. The number of hydrogen-bond acceptors (Lipinski definition) is 5. The summed E-state index contributed by atoms with van der Waals surface area (Å²) in [5.74, 6) is -1.51. The number of aliphatic hydroxyl groups is 1. The van der Waals surface area contributed by atoms with Gasteiger partial charge in [0.05, 0.1) is 11.5 Å². The van der Waals surface area contributed by atoms with Gasteiger partial charge >= 0.3 is 5.69 Å². The lowest BCUT2D eigenvalue weighted by molar-refractivity contribution is -0.387. The van der Waals surface area contributed by atoms with Crippen LogP contribution in [0.15, 0.2) is 18.2 Å². The SMILES string of the molecule is O=C(COc1ccc([N+](=O)[O-])c(F)c1)NCCO. The second kappa shape index (κ2) is 6.50. The number of benzene rings is 1. The molecule has 8 heteroatoms. The van der Waals surface area contributed by atoms with E-state index in [1.807, 2.05) is 0 Å². The highest BCUT2D eigenvalue weighted by atomic mass is 19.1. The van der Waals surface area contributed by atoms with Crippen LogP contribution in [-0.4, -0.2) is 35.7 Å². The number of carbonyl (C=O) groups excluding carboxylic acids is 1. The van der Waals surface area contributed by atoms with Crippen molar-refractivity contribution in [2.24, 2.45) is 0 Å². The maximum Gasteiger partial charge on any atom is 0.305 e. The molecule has 1 aromatic carbocycles. The summed E-state index contributed by atoms with van der Waals surface area (Å²) in [6, 6.07) is 2.98. The molecule has 1 aromatic rings. The lowest BCUT2D eigenvalue weighted by Gasteiger charge is -2.06. The highest BCUT2D eigenvalue weighted by Crippen LogP contribution is 2.22. The fourth-order valence-electron chi connectivity index (χ4n) is 1.12. The van der Waals surface area contributed by atoms with Crippen molar-refractivity contribution < 1.29 is 24.0 Å². The number of nitro groups is 1. The zero-order valence-corrected chi connectivity index (χ0v) is 9.26. The number of nitro benzene ring substituents is 1. The Balaban J connectivity index is 2.56. The summed E-state index contributed by atoms with van der Waals surface area (Å²) in [6.07, 6.45) is 0. The molecule has 0 saturated carbocycles. The van der Waals surface area contributed by atoms with Crippen LogP contribution in [0, 0.1) is 15.9 Å². The number of nitrogens with zero attached hydrogens (tertiary/aromatic N) is 1. The van der Waals surface area contributed by atoms with Gasteiger partial charge in [0.15, 0.2) is 6.61 Å². The van der Waals surface area contributed by atoms with Gasteiger partial charge in [0, 0.05) is 18.7 Å². The van der Waals surface area contributed by atoms with E-state index in [4.69, 9.17) is 9.84 Å². The summed E-state index contributed by atoms with van der Waals surface area (Å²) in [5.41, 5.74) is -0.660. The molecule has 0 spiro atoms. The summed E-state index contributed by atoms with van der Waals surface area (Å²) in [4.78, 5) is 20.6. The zero-order valence-electron chi connectivity index (χ0n) is 9.26. The smallest absolute Gasteiger partial charge is 0.305 e. The molecule has 0 fully saturated rings. The van der Waals surface area contributed by atoms with Gasteiger partial charge in [-0.15, -0.1) is 0 Å². The molecule has 98 valence electrons. The van der Waals surface area contributed by atoms with Gasteiger partial charge in [-0.2, -0.15) is 4.39 Å². The minimum Gasteiger partial charge on any atom is -0.484 e. The maximum atomic E-state index is 13.2. The monoisotopic (exact) mass is 258 g/mol. The molecule has 0 saturated heterocycles. The molecule has 0 radical (unpaired) electrons. The normalized spacial score (nSPS) is 9.89. The first-order valence-corrected chi connectivity index (χ1v) is 4.99. The molecule has 0 aliphatic heterocycles. The molecule has 2 N–H and O–H groups in total. The molecule has 0 unspecified atom stereocenters. The van der Waals surface area contributed by atoms with Crippen LogP contribution in [0.1, 0.15) is 0 Å². The number of ether oxygens (including phenoxy) is 1. The maximum absolute atomic E-state index is 13.2. The van der Waals surface area contributed by atoms with Crippen LogP contribution in [-0.2, 0) is 4.79 Å². The Hall–Kier alpha value is -2.22. The largest absolute Gasteiger partial charge is 0.484 e. The molecule has 1 rings (SSSR count). The summed E-state index contributed by atoms with van der Waals surface area (Å²) >= 11 is 0. The fraction of sp³-hybridized carbons (Fsp3) is 0.300. The van der Waals surface area contributed by atoms with Crippen LogP contribution < -0.4 is 10.1 Å². The van der Waals surface area contributed by atoms with Crippen molar-refractivity contribution in [3.63, 3.8) is 0 Å². The summed E-state index contributed by atoms with van der Waals surface area (Å²) in [7, 11) is 0. The van der Waals surface area contributed by atoms with Crippen molar-refractivity contribution in [2.45, 2.75) is 0 Å². The van der Waals surface area contributed by atoms with E-state index in [-0.39, 0.29) is 25.5 Å². The molecule has 18 heavy (non-hydrogen) atoms. The molecular formula is C10H11FN2O5. The van der Waals surface area contributed by atoms with Gasteiger partial charge in [-0.05, 0) is 6.07 Å². The van der Waals surface area contributed by atoms with Gasteiger partial charge in [-0.25, -0.2) is 0 Å². The molecule has 0 aromatic heterocycles. The number of carbonyl (C=O) groups is 1. The van der Waals surface area contributed by atoms with E-state index in [0.29, 0.717) is 0 Å². The Morgan fingerprint density at radius 3 is 2.83 bits per heavy atom. The highest BCUT2D eigenvalue weighted by molar-refractivity contribution is 5.77. The lowest BCUT2D eigenvalue weighted by Crippen LogP contribution is -2.31. The Labute approximate surface area is 101 Å². The Morgan fingerprint density at radius 2 is 2.28 bits per heavy atom. The Bertz CT molecular complexity index is 452. The molecule has 7 nitrogen and oxygen atoms in total.